The quantitative estimate of drug-likeness (QED) is 0.690. The molecule has 1 amide bonds. The Morgan fingerprint density at radius 1 is 1.41 bits per heavy atom. The van der Waals surface area contributed by atoms with Crippen LogP contribution in [0.3, 0.4) is 0 Å². The van der Waals surface area contributed by atoms with Gasteiger partial charge in [0.15, 0.2) is 0 Å². The smallest absolute Gasteiger partial charge is 0.408 e. The lowest BCUT2D eigenvalue weighted by atomic mass is 10.2. The first-order valence-electron chi connectivity index (χ1n) is 6.60. The van der Waals surface area contributed by atoms with Crippen molar-refractivity contribution in [2.75, 3.05) is 0 Å². The topological polar surface area (TPSA) is 55.4 Å². The molecular weight excluding hydrogens is 292 g/mol. The van der Waals surface area contributed by atoms with E-state index in [1.807, 2.05) is 0 Å². The predicted molar refractivity (Wildman–Crippen MR) is 77.1 cm³/mol. The van der Waals surface area contributed by atoms with E-state index in [1.54, 1.807) is 20.8 Å². The van der Waals surface area contributed by atoms with Gasteiger partial charge in [-0.05, 0) is 39.0 Å². The maximum absolute atomic E-state index is 13.3. The average Bonchev–Trinajstić information content (AvgIpc) is 2.39. The van der Waals surface area contributed by atoms with Crippen LogP contribution in [0.15, 0.2) is 18.2 Å². The molecule has 0 aliphatic carbocycles. The first-order valence-corrected chi connectivity index (χ1v) is 6.60. The molecule has 0 radical (unpaired) electrons. The van der Waals surface area contributed by atoms with Crippen molar-refractivity contribution in [2.45, 2.75) is 38.8 Å². The van der Waals surface area contributed by atoms with Crippen LogP contribution in [0.2, 0.25) is 0 Å². The molecule has 1 aromatic carbocycles. The van der Waals surface area contributed by atoms with E-state index in [0.29, 0.717) is 6.29 Å². The number of aldehydes is 1. The number of benzene rings is 1. The fourth-order valence-corrected chi connectivity index (χ4v) is 1.44. The predicted octanol–water partition coefficient (Wildman–Crippen LogP) is 2.80. The van der Waals surface area contributed by atoms with Gasteiger partial charge in [-0.1, -0.05) is 11.8 Å². The zero-order valence-electron chi connectivity index (χ0n) is 12.6. The van der Waals surface area contributed by atoms with E-state index >= 15 is 0 Å². The summed E-state index contributed by atoms with van der Waals surface area (Å²) in [6.07, 6.45) is -0.289. The number of carbonyl (C=O) groups is 2. The normalized spacial score (nSPS) is 11.9. The molecule has 1 atom stereocenters. The molecule has 118 valence electrons. The van der Waals surface area contributed by atoms with E-state index in [1.165, 1.54) is 0 Å². The summed E-state index contributed by atoms with van der Waals surface area (Å²) in [5, 5.41) is 2.34. The molecular formula is C16H17F2NO3. The third kappa shape index (κ3) is 6.35. The van der Waals surface area contributed by atoms with Crippen LogP contribution in [0.25, 0.3) is 0 Å². The number of ether oxygens (including phenoxy) is 1. The van der Waals surface area contributed by atoms with E-state index in [4.69, 9.17) is 4.74 Å². The molecule has 0 saturated carbocycles. The monoisotopic (exact) mass is 309 g/mol. The van der Waals surface area contributed by atoms with E-state index in [0.717, 1.165) is 18.2 Å². The van der Waals surface area contributed by atoms with Crippen molar-refractivity contribution in [3.8, 4) is 11.8 Å². The number of halogens is 2. The van der Waals surface area contributed by atoms with Crippen molar-refractivity contribution >= 4 is 12.4 Å². The number of nitrogens with one attached hydrogen (secondary N) is 1. The summed E-state index contributed by atoms with van der Waals surface area (Å²) >= 11 is 0. The van der Waals surface area contributed by atoms with Crippen molar-refractivity contribution in [1.82, 2.24) is 5.32 Å². The van der Waals surface area contributed by atoms with Crippen molar-refractivity contribution in [3.63, 3.8) is 0 Å². The summed E-state index contributed by atoms with van der Waals surface area (Å²) in [5.41, 5.74) is -0.796. The van der Waals surface area contributed by atoms with Crippen LogP contribution >= 0.6 is 0 Å². The molecule has 0 heterocycles. The first kappa shape index (κ1) is 17.6. The van der Waals surface area contributed by atoms with Crippen LogP contribution in [-0.2, 0) is 9.53 Å². The fraction of sp³-hybridized carbons (Fsp3) is 0.375. The highest BCUT2D eigenvalue weighted by Gasteiger charge is 2.18. The van der Waals surface area contributed by atoms with Gasteiger partial charge in [-0.25, -0.2) is 13.6 Å². The standard InChI is InChI=1S/C16H17F2NO3/c1-16(2,3)22-15(21)19-13(10-20)6-4-5-11-9-12(17)7-8-14(11)18/h7-10,13H,6H2,1-3H3,(H,19,21). The van der Waals surface area contributed by atoms with Crippen LogP contribution < -0.4 is 5.32 Å². The van der Waals surface area contributed by atoms with Gasteiger partial charge in [-0.15, -0.1) is 0 Å². The second-order valence-corrected chi connectivity index (χ2v) is 5.52. The number of alkyl carbamates (subject to hydrolysis) is 1. The van der Waals surface area contributed by atoms with Gasteiger partial charge in [-0.2, -0.15) is 0 Å². The van der Waals surface area contributed by atoms with Gasteiger partial charge >= 0.3 is 6.09 Å². The van der Waals surface area contributed by atoms with Crippen LogP contribution in [0.5, 0.6) is 0 Å². The number of carbonyl (C=O) groups excluding carboxylic acids is 2. The third-order valence-electron chi connectivity index (χ3n) is 2.34. The van der Waals surface area contributed by atoms with Crippen molar-refractivity contribution in [1.29, 1.82) is 0 Å². The van der Waals surface area contributed by atoms with Crippen LogP contribution in [0, 0.1) is 23.5 Å². The van der Waals surface area contributed by atoms with Gasteiger partial charge in [0.05, 0.1) is 11.6 Å². The Hall–Kier alpha value is -2.42. The molecule has 0 aliphatic rings. The largest absolute Gasteiger partial charge is 0.444 e. The van der Waals surface area contributed by atoms with Crippen molar-refractivity contribution in [3.05, 3.63) is 35.4 Å². The minimum Gasteiger partial charge on any atom is -0.444 e. The zero-order chi connectivity index (χ0) is 16.8. The summed E-state index contributed by atoms with van der Waals surface area (Å²) in [6.45, 7) is 5.07. The van der Waals surface area contributed by atoms with Crippen LogP contribution in [-0.4, -0.2) is 24.0 Å². The number of rotatable bonds is 3. The molecule has 1 aromatic rings. The molecule has 1 unspecified atom stereocenters. The zero-order valence-corrected chi connectivity index (χ0v) is 12.6. The molecule has 1 N–H and O–H groups in total. The maximum atomic E-state index is 13.3. The van der Waals surface area contributed by atoms with E-state index in [2.05, 4.69) is 17.2 Å². The summed E-state index contributed by atoms with van der Waals surface area (Å²) in [6, 6.07) is 2.02. The average molecular weight is 309 g/mol. The fourth-order valence-electron chi connectivity index (χ4n) is 1.44. The molecule has 0 fully saturated rings. The molecule has 22 heavy (non-hydrogen) atoms. The minimum atomic E-state index is -0.890. The Balaban J connectivity index is 2.65. The summed E-state index contributed by atoms with van der Waals surface area (Å²) in [5.74, 6) is 3.69. The Labute approximate surface area is 127 Å². The number of hydrogen-bond acceptors (Lipinski definition) is 3. The highest BCUT2D eigenvalue weighted by atomic mass is 19.1. The molecule has 0 spiro atoms. The lowest BCUT2D eigenvalue weighted by Gasteiger charge is -2.20. The lowest BCUT2D eigenvalue weighted by Crippen LogP contribution is -2.39. The lowest BCUT2D eigenvalue weighted by molar-refractivity contribution is -0.109. The Morgan fingerprint density at radius 2 is 2.09 bits per heavy atom. The van der Waals surface area contributed by atoms with Crippen molar-refractivity contribution < 1.29 is 23.1 Å². The Morgan fingerprint density at radius 3 is 2.68 bits per heavy atom. The van der Waals surface area contributed by atoms with Gasteiger partial charge in [0.2, 0.25) is 0 Å². The van der Waals surface area contributed by atoms with E-state index < -0.39 is 29.4 Å². The van der Waals surface area contributed by atoms with Crippen LogP contribution in [0.1, 0.15) is 32.8 Å². The SMILES string of the molecule is CC(C)(C)OC(=O)NC(C=O)CC#Cc1cc(F)ccc1F. The van der Waals surface area contributed by atoms with Gasteiger partial charge in [0.1, 0.15) is 23.5 Å². The third-order valence-corrected chi connectivity index (χ3v) is 2.34. The summed E-state index contributed by atoms with van der Waals surface area (Å²) < 4.78 is 31.3. The number of hydrogen-bond donors (Lipinski definition) is 1. The first-order chi connectivity index (χ1) is 10.2. The van der Waals surface area contributed by atoms with Crippen molar-refractivity contribution in [2.24, 2.45) is 0 Å². The second-order valence-electron chi connectivity index (χ2n) is 5.52. The molecule has 1 rings (SSSR count). The Kier molecular flexibility index (Phi) is 6.05. The van der Waals surface area contributed by atoms with Gasteiger partial charge in [-0.3, -0.25) is 0 Å². The molecule has 4 nitrogen and oxygen atoms in total. The van der Waals surface area contributed by atoms with Gasteiger partial charge < -0.3 is 14.8 Å². The molecule has 0 aliphatic heterocycles. The highest BCUT2D eigenvalue weighted by Crippen LogP contribution is 2.08. The number of amides is 1. The van der Waals surface area contributed by atoms with Gasteiger partial charge in [0.25, 0.3) is 0 Å². The summed E-state index contributed by atoms with van der Waals surface area (Å²) in [7, 11) is 0. The van der Waals surface area contributed by atoms with Gasteiger partial charge in [0, 0.05) is 6.42 Å². The summed E-state index contributed by atoms with van der Waals surface area (Å²) in [4.78, 5) is 22.4. The molecule has 0 saturated heterocycles. The van der Waals surface area contributed by atoms with E-state index in [-0.39, 0.29) is 12.0 Å². The van der Waals surface area contributed by atoms with E-state index in [9.17, 15) is 18.4 Å². The maximum Gasteiger partial charge on any atom is 0.408 e. The Bertz CT molecular complexity index is 612. The molecule has 0 aromatic heterocycles. The second kappa shape index (κ2) is 7.55. The minimum absolute atomic E-state index is 0.0430. The molecule has 0 bridgehead atoms. The van der Waals surface area contributed by atoms with Crippen LogP contribution in [0.4, 0.5) is 13.6 Å². The molecule has 6 heteroatoms. The highest BCUT2D eigenvalue weighted by molar-refractivity contribution is 5.73.